The summed E-state index contributed by atoms with van der Waals surface area (Å²) >= 11 is 0. The number of ether oxygens (including phenoxy) is 1. The molecular formula is C13H20F2N2O. The molecule has 2 unspecified atom stereocenters. The second kappa shape index (κ2) is 6.22. The third-order valence-corrected chi connectivity index (χ3v) is 3.47. The van der Waals surface area contributed by atoms with Crippen molar-refractivity contribution in [2.45, 2.75) is 38.3 Å². The quantitative estimate of drug-likeness (QED) is 0.607. The lowest BCUT2D eigenvalue weighted by atomic mass is 9.88. The van der Waals surface area contributed by atoms with E-state index >= 15 is 0 Å². The number of nitrogens with two attached hydrogens (primary N) is 1. The molecule has 0 aliphatic heterocycles. The van der Waals surface area contributed by atoms with Crippen molar-refractivity contribution in [3.8, 4) is 0 Å². The predicted octanol–water partition coefficient (Wildman–Crippen LogP) is 2.15. The Hall–Kier alpha value is -1.04. The number of hydrogen-bond acceptors (Lipinski definition) is 3. The number of rotatable bonds is 6. The first-order chi connectivity index (χ1) is 8.45. The van der Waals surface area contributed by atoms with Crippen LogP contribution in [0.25, 0.3) is 0 Å². The van der Waals surface area contributed by atoms with Crippen molar-refractivity contribution in [2.24, 2.45) is 5.84 Å². The zero-order valence-corrected chi connectivity index (χ0v) is 11.0. The van der Waals surface area contributed by atoms with Gasteiger partial charge in [0.25, 0.3) is 0 Å². The maximum atomic E-state index is 13.1. The number of methoxy groups -OCH3 is 1. The summed E-state index contributed by atoms with van der Waals surface area (Å²) in [4.78, 5) is 0. The van der Waals surface area contributed by atoms with Crippen LogP contribution >= 0.6 is 0 Å². The van der Waals surface area contributed by atoms with E-state index in [1.54, 1.807) is 7.11 Å². The van der Waals surface area contributed by atoms with Gasteiger partial charge >= 0.3 is 0 Å². The average molecular weight is 258 g/mol. The summed E-state index contributed by atoms with van der Waals surface area (Å²) in [5.74, 6) is 4.34. The molecule has 102 valence electrons. The van der Waals surface area contributed by atoms with Crippen molar-refractivity contribution in [1.82, 2.24) is 5.43 Å². The van der Waals surface area contributed by atoms with E-state index in [9.17, 15) is 8.78 Å². The van der Waals surface area contributed by atoms with Crippen molar-refractivity contribution >= 4 is 0 Å². The summed E-state index contributed by atoms with van der Waals surface area (Å²) in [6, 6.07) is 3.23. The summed E-state index contributed by atoms with van der Waals surface area (Å²) in [7, 11) is 1.60. The van der Waals surface area contributed by atoms with Crippen LogP contribution in [-0.2, 0) is 11.2 Å². The minimum absolute atomic E-state index is 0.228. The molecule has 3 N–H and O–H groups in total. The molecule has 0 radical (unpaired) electrons. The van der Waals surface area contributed by atoms with E-state index in [4.69, 9.17) is 10.6 Å². The summed E-state index contributed by atoms with van der Waals surface area (Å²) < 4.78 is 31.7. The smallest absolute Gasteiger partial charge is 0.126 e. The Morgan fingerprint density at radius 3 is 2.28 bits per heavy atom. The molecule has 1 rings (SSSR count). The number of nitrogens with one attached hydrogen (secondary N) is 1. The molecule has 0 aromatic heterocycles. The summed E-state index contributed by atoms with van der Waals surface area (Å²) in [5, 5.41) is 0. The molecule has 2 atom stereocenters. The van der Waals surface area contributed by atoms with Gasteiger partial charge < -0.3 is 4.74 Å². The van der Waals surface area contributed by atoms with Gasteiger partial charge in [-0.15, -0.1) is 0 Å². The largest absolute Gasteiger partial charge is 0.377 e. The van der Waals surface area contributed by atoms with E-state index in [0.29, 0.717) is 12.0 Å². The van der Waals surface area contributed by atoms with Gasteiger partial charge in [0.2, 0.25) is 0 Å². The molecular weight excluding hydrogens is 238 g/mol. The van der Waals surface area contributed by atoms with Crippen LogP contribution in [0.4, 0.5) is 8.78 Å². The lowest BCUT2D eigenvalue weighted by Gasteiger charge is -2.35. The van der Waals surface area contributed by atoms with Gasteiger partial charge in [-0.1, -0.05) is 6.92 Å². The summed E-state index contributed by atoms with van der Waals surface area (Å²) in [6.07, 6.45) is 1.12. The Labute approximate surface area is 106 Å². The highest BCUT2D eigenvalue weighted by molar-refractivity contribution is 5.19. The van der Waals surface area contributed by atoms with Gasteiger partial charge in [0, 0.05) is 13.2 Å². The van der Waals surface area contributed by atoms with Crippen LogP contribution < -0.4 is 11.3 Å². The molecule has 0 heterocycles. The van der Waals surface area contributed by atoms with Crippen molar-refractivity contribution < 1.29 is 13.5 Å². The lowest BCUT2D eigenvalue weighted by Crippen LogP contribution is -2.53. The average Bonchev–Trinajstić information content (AvgIpc) is 2.34. The fourth-order valence-corrected chi connectivity index (χ4v) is 1.95. The molecule has 0 saturated carbocycles. The van der Waals surface area contributed by atoms with E-state index in [1.807, 2.05) is 13.8 Å². The van der Waals surface area contributed by atoms with Gasteiger partial charge in [-0.05, 0) is 37.5 Å². The fraction of sp³-hybridized carbons (Fsp3) is 0.538. The molecule has 3 nitrogen and oxygen atoms in total. The van der Waals surface area contributed by atoms with Crippen molar-refractivity contribution in [2.75, 3.05) is 7.11 Å². The number of hydrogen-bond donors (Lipinski definition) is 2. The van der Waals surface area contributed by atoms with Crippen LogP contribution in [0.15, 0.2) is 18.2 Å². The highest BCUT2D eigenvalue weighted by Crippen LogP contribution is 2.22. The topological polar surface area (TPSA) is 47.3 Å². The predicted molar refractivity (Wildman–Crippen MR) is 66.9 cm³/mol. The van der Waals surface area contributed by atoms with E-state index < -0.39 is 17.2 Å². The van der Waals surface area contributed by atoms with E-state index in [0.717, 1.165) is 12.5 Å². The van der Waals surface area contributed by atoms with Gasteiger partial charge in [0.1, 0.15) is 11.6 Å². The molecule has 1 aromatic carbocycles. The Morgan fingerprint density at radius 1 is 1.33 bits per heavy atom. The standard InChI is InChI=1S/C13H20F2N2O/c1-4-13(2,18-3)12(17-16)7-9-5-10(14)8-11(15)6-9/h5-6,8,12,17H,4,7,16H2,1-3H3. The lowest BCUT2D eigenvalue weighted by molar-refractivity contribution is -0.0288. The van der Waals surface area contributed by atoms with Crippen LogP contribution in [0.3, 0.4) is 0 Å². The molecule has 1 aromatic rings. The van der Waals surface area contributed by atoms with Crippen LogP contribution in [-0.4, -0.2) is 18.8 Å². The molecule has 0 aliphatic carbocycles. The van der Waals surface area contributed by atoms with Crippen LogP contribution in [0.2, 0.25) is 0 Å². The van der Waals surface area contributed by atoms with Gasteiger partial charge in [0.05, 0.1) is 11.6 Å². The molecule has 18 heavy (non-hydrogen) atoms. The SMILES string of the molecule is CCC(C)(OC)C(Cc1cc(F)cc(F)c1)NN. The second-order valence-corrected chi connectivity index (χ2v) is 4.57. The van der Waals surface area contributed by atoms with Crippen LogP contribution in [0, 0.1) is 11.6 Å². The highest BCUT2D eigenvalue weighted by Gasteiger charge is 2.32. The normalized spacial score (nSPS) is 16.3. The van der Waals surface area contributed by atoms with Crippen LogP contribution in [0.5, 0.6) is 0 Å². The third kappa shape index (κ3) is 3.48. The zero-order valence-electron chi connectivity index (χ0n) is 11.0. The molecule has 0 saturated heterocycles. The molecule has 0 aliphatic rings. The first-order valence-corrected chi connectivity index (χ1v) is 5.91. The van der Waals surface area contributed by atoms with Crippen molar-refractivity contribution in [1.29, 1.82) is 0 Å². The zero-order chi connectivity index (χ0) is 13.8. The van der Waals surface area contributed by atoms with Crippen molar-refractivity contribution in [3.05, 3.63) is 35.4 Å². The summed E-state index contributed by atoms with van der Waals surface area (Å²) in [5.41, 5.74) is 2.72. The number of hydrazine groups is 1. The van der Waals surface area contributed by atoms with E-state index in [-0.39, 0.29) is 6.04 Å². The van der Waals surface area contributed by atoms with Gasteiger partial charge in [0.15, 0.2) is 0 Å². The first-order valence-electron chi connectivity index (χ1n) is 5.91. The molecule has 0 bridgehead atoms. The minimum Gasteiger partial charge on any atom is -0.377 e. The molecule has 0 amide bonds. The second-order valence-electron chi connectivity index (χ2n) is 4.57. The number of benzene rings is 1. The monoisotopic (exact) mass is 258 g/mol. The van der Waals surface area contributed by atoms with E-state index in [1.165, 1.54) is 12.1 Å². The maximum absolute atomic E-state index is 13.1. The summed E-state index contributed by atoms with van der Waals surface area (Å²) in [6.45, 7) is 3.88. The Kier molecular flexibility index (Phi) is 5.19. The number of halogens is 2. The maximum Gasteiger partial charge on any atom is 0.126 e. The third-order valence-electron chi connectivity index (χ3n) is 3.47. The molecule has 5 heteroatoms. The van der Waals surface area contributed by atoms with Gasteiger partial charge in [-0.2, -0.15) is 0 Å². The van der Waals surface area contributed by atoms with E-state index in [2.05, 4.69) is 5.43 Å². The van der Waals surface area contributed by atoms with Crippen LogP contribution in [0.1, 0.15) is 25.8 Å². The first kappa shape index (κ1) is 15.0. The minimum atomic E-state index is -0.587. The van der Waals surface area contributed by atoms with Gasteiger partial charge in [-0.3, -0.25) is 11.3 Å². The fourth-order valence-electron chi connectivity index (χ4n) is 1.95. The Bertz CT molecular complexity index is 374. The highest BCUT2D eigenvalue weighted by atomic mass is 19.1. The Morgan fingerprint density at radius 2 is 1.89 bits per heavy atom. The molecule has 0 fully saturated rings. The Balaban J connectivity index is 2.92. The van der Waals surface area contributed by atoms with Crippen molar-refractivity contribution in [3.63, 3.8) is 0 Å². The molecule has 0 spiro atoms. The van der Waals surface area contributed by atoms with Gasteiger partial charge in [-0.25, -0.2) is 8.78 Å².